The second kappa shape index (κ2) is 9.61. The molecule has 0 unspecified atom stereocenters. The lowest BCUT2D eigenvalue weighted by molar-refractivity contribution is -0.125. The van der Waals surface area contributed by atoms with E-state index in [-0.39, 0.29) is 17.8 Å². The van der Waals surface area contributed by atoms with Crippen LogP contribution in [0.5, 0.6) is 0 Å². The number of rotatable bonds is 7. The fourth-order valence-corrected chi connectivity index (χ4v) is 4.38. The van der Waals surface area contributed by atoms with Crippen molar-refractivity contribution in [1.82, 2.24) is 30.2 Å². The number of ether oxygens (including phenoxy) is 1. The number of morpholine rings is 1. The summed E-state index contributed by atoms with van der Waals surface area (Å²) < 4.78 is 20.5. The molecule has 0 spiro atoms. The molecule has 1 fully saturated rings. The number of halogens is 1. The summed E-state index contributed by atoms with van der Waals surface area (Å²) in [5, 5.41) is 9.98. The molecule has 0 radical (unpaired) electrons. The maximum Gasteiger partial charge on any atom is 0.239 e. The number of thiazole rings is 1. The first-order valence-electron chi connectivity index (χ1n) is 10.5. The van der Waals surface area contributed by atoms with E-state index in [9.17, 15) is 9.18 Å². The Labute approximate surface area is 193 Å². The smallest absolute Gasteiger partial charge is 0.239 e. The zero-order valence-electron chi connectivity index (χ0n) is 17.6. The summed E-state index contributed by atoms with van der Waals surface area (Å²) in [6, 6.07) is 7.91. The molecule has 0 bridgehead atoms. The molecule has 33 heavy (non-hydrogen) atoms. The maximum absolute atomic E-state index is 13.2. The Balaban J connectivity index is 1.23. The van der Waals surface area contributed by atoms with Gasteiger partial charge in [-0.3, -0.25) is 4.79 Å². The van der Waals surface area contributed by atoms with E-state index in [1.54, 1.807) is 30.9 Å². The van der Waals surface area contributed by atoms with Crippen LogP contribution in [0.25, 0.3) is 21.5 Å². The van der Waals surface area contributed by atoms with Gasteiger partial charge >= 0.3 is 0 Å². The van der Waals surface area contributed by atoms with Crippen LogP contribution in [-0.4, -0.2) is 57.8 Å². The molecule has 170 valence electrons. The third-order valence-electron chi connectivity index (χ3n) is 5.27. The van der Waals surface area contributed by atoms with Gasteiger partial charge in [0.25, 0.3) is 0 Å². The number of nitrogens with zero attached hydrogens (tertiary/aromatic N) is 4. The molecule has 0 saturated carbocycles. The minimum absolute atomic E-state index is 0.0659. The van der Waals surface area contributed by atoms with Gasteiger partial charge in [-0.1, -0.05) is 23.5 Å². The molecule has 1 saturated heterocycles. The molecule has 1 aliphatic rings. The van der Waals surface area contributed by atoms with Gasteiger partial charge in [0.1, 0.15) is 23.2 Å². The number of carbonyl (C=O) groups excluding carboxylic acids is 1. The molecule has 4 aromatic rings. The summed E-state index contributed by atoms with van der Waals surface area (Å²) in [6.45, 7) is 2.74. The molecule has 1 amide bonds. The van der Waals surface area contributed by atoms with Crippen molar-refractivity contribution in [3.8, 4) is 10.4 Å². The van der Waals surface area contributed by atoms with E-state index in [1.807, 2.05) is 10.6 Å². The minimum Gasteiger partial charge on any atom is -0.378 e. The number of anilines is 2. The lowest BCUT2D eigenvalue weighted by atomic mass is 10.2. The first kappa shape index (κ1) is 21.4. The van der Waals surface area contributed by atoms with E-state index in [1.165, 1.54) is 23.5 Å². The van der Waals surface area contributed by atoms with Crippen molar-refractivity contribution < 1.29 is 13.9 Å². The molecular formula is C22H22FN7O2S. The van der Waals surface area contributed by atoms with Gasteiger partial charge in [0.2, 0.25) is 5.91 Å². The summed E-state index contributed by atoms with van der Waals surface area (Å²) in [5.74, 6) is 0.302. The van der Waals surface area contributed by atoms with Gasteiger partial charge in [0.05, 0.1) is 36.1 Å². The standard InChI is InChI=1S/C22H22FN7O2S/c23-15-3-1-14(2-4-15)19-11-27-22(33-19)29-20-9-18-16(10-26-20)28-13-30(18)7-5-25-21(31)17-12-32-8-6-24-17/h1-4,9-11,13,17,24H,5-8,12H2,(H,25,31)(H,26,27,29)/t17-/m0/s1. The average Bonchev–Trinajstić information content (AvgIpc) is 3.47. The third-order valence-corrected chi connectivity index (χ3v) is 6.23. The fraction of sp³-hybridized carbons (Fsp3) is 0.273. The molecule has 9 nitrogen and oxygen atoms in total. The van der Waals surface area contributed by atoms with Crippen LogP contribution in [0.4, 0.5) is 15.3 Å². The van der Waals surface area contributed by atoms with Crippen molar-refractivity contribution in [2.24, 2.45) is 0 Å². The molecule has 5 rings (SSSR count). The maximum atomic E-state index is 13.2. The first-order chi connectivity index (χ1) is 16.2. The number of hydrogen-bond acceptors (Lipinski definition) is 8. The van der Waals surface area contributed by atoms with Gasteiger partial charge in [-0.05, 0) is 17.7 Å². The SMILES string of the molecule is O=C(NCCn1cnc2cnc(Nc3ncc(-c4ccc(F)cc4)s3)cc21)[C@@H]1COCCN1. The minimum atomic E-state index is -0.309. The van der Waals surface area contributed by atoms with Crippen LogP contribution in [0.2, 0.25) is 0 Å². The highest BCUT2D eigenvalue weighted by Gasteiger charge is 2.20. The Morgan fingerprint density at radius 1 is 1.24 bits per heavy atom. The van der Waals surface area contributed by atoms with Crippen LogP contribution in [0.3, 0.4) is 0 Å². The Hall–Kier alpha value is -3.41. The van der Waals surface area contributed by atoms with Crippen molar-refractivity contribution in [2.45, 2.75) is 12.6 Å². The Morgan fingerprint density at radius 2 is 2.12 bits per heavy atom. The Morgan fingerprint density at radius 3 is 2.94 bits per heavy atom. The van der Waals surface area contributed by atoms with Crippen molar-refractivity contribution in [1.29, 1.82) is 0 Å². The van der Waals surface area contributed by atoms with Crippen molar-refractivity contribution in [2.75, 3.05) is 31.6 Å². The summed E-state index contributed by atoms with van der Waals surface area (Å²) in [4.78, 5) is 26.4. The quantitative estimate of drug-likeness (QED) is 0.384. The zero-order valence-corrected chi connectivity index (χ0v) is 18.4. The largest absolute Gasteiger partial charge is 0.378 e. The number of benzene rings is 1. The zero-order chi connectivity index (χ0) is 22.6. The number of amides is 1. The lowest BCUT2D eigenvalue weighted by Crippen LogP contribution is -2.51. The first-order valence-corrected chi connectivity index (χ1v) is 11.4. The highest BCUT2D eigenvalue weighted by atomic mass is 32.1. The average molecular weight is 468 g/mol. The number of aromatic nitrogens is 4. The van der Waals surface area contributed by atoms with Gasteiger partial charge in [0, 0.05) is 31.9 Å². The van der Waals surface area contributed by atoms with Gasteiger partial charge in [-0.2, -0.15) is 0 Å². The van der Waals surface area contributed by atoms with Crippen LogP contribution in [0.15, 0.2) is 49.1 Å². The van der Waals surface area contributed by atoms with Crippen LogP contribution in [0, 0.1) is 5.82 Å². The summed E-state index contributed by atoms with van der Waals surface area (Å²) in [6.07, 6.45) is 5.18. The van der Waals surface area contributed by atoms with Gasteiger partial charge in [-0.15, -0.1) is 0 Å². The summed E-state index contributed by atoms with van der Waals surface area (Å²) in [5.41, 5.74) is 2.57. The van der Waals surface area contributed by atoms with Crippen LogP contribution < -0.4 is 16.0 Å². The predicted molar refractivity (Wildman–Crippen MR) is 124 cm³/mol. The monoisotopic (exact) mass is 467 g/mol. The van der Waals surface area contributed by atoms with E-state index in [2.05, 4.69) is 30.9 Å². The number of nitrogens with one attached hydrogen (secondary N) is 3. The number of hydrogen-bond donors (Lipinski definition) is 3. The van der Waals surface area contributed by atoms with E-state index in [0.717, 1.165) is 21.5 Å². The van der Waals surface area contributed by atoms with Crippen LogP contribution in [0.1, 0.15) is 0 Å². The van der Waals surface area contributed by atoms with E-state index >= 15 is 0 Å². The Kier molecular flexibility index (Phi) is 6.24. The molecule has 4 heterocycles. The molecule has 1 aliphatic heterocycles. The molecule has 3 aromatic heterocycles. The van der Waals surface area contributed by atoms with Gasteiger partial charge in [0.15, 0.2) is 5.13 Å². The fourth-order valence-electron chi connectivity index (χ4n) is 3.55. The van der Waals surface area contributed by atoms with Crippen molar-refractivity contribution in [3.05, 3.63) is 54.9 Å². The number of carbonyl (C=O) groups is 1. The number of imidazole rings is 1. The predicted octanol–water partition coefficient (Wildman–Crippen LogP) is 2.54. The second-order valence-corrected chi connectivity index (χ2v) is 8.56. The molecule has 1 aromatic carbocycles. The van der Waals surface area contributed by atoms with Crippen molar-refractivity contribution >= 4 is 39.2 Å². The molecular weight excluding hydrogens is 445 g/mol. The highest BCUT2D eigenvalue weighted by molar-refractivity contribution is 7.18. The van der Waals surface area contributed by atoms with E-state index in [4.69, 9.17) is 4.74 Å². The second-order valence-electron chi connectivity index (χ2n) is 7.53. The topological polar surface area (TPSA) is 106 Å². The van der Waals surface area contributed by atoms with E-state index < -0.39 is 0 Å². The third kappa shape index (κ3) is 5.00. The molecule has 0 aliphatic carbocycles. The van der Waals surface area contributed by atoms with Gasteiger partial charge in [-0.25, -0.2) is 19.3 Å². The number of fused-ring (bicyclic) bond motifs is 1. The summed E-state index contributed by atoms with van der Waals surface area (Å²) in [7, 11) is 0. The Bertz CT molecular complexity index is 1250. The summed E-state index contributed by atoms with van der Waals surface area (Å²) >= 11 is 1.46. The van der Waals surface area contributed by atoms with Gasteiger partial charge < -0.3 is 25.3 Å². The molecule has 1 atom stereocenters. The molecule has 3 N–H and O–H groups in total. The van der Waals surface area contributed by atoms with Crippen molar-refractivity contribution in [3.63, 3.8) is 0 Å². The lowest BCUT2D eigenvalue weighted by Gasteiger charge is -2.22. The number of pyridine rings is 1. The van der Waals surface area contributed by atoms with Crippen LogP contribution >= 0.6 is 11.3 Å². The van der Waals surface area contributed by atoms with Crippen LogP contribution in [-0.2, 0) is 16.1 Å². The van der Waals surface area contributed by atoms with E-state index in [0.29, 0.717) is 43.8 Å². The normalized spacial score (nSPS) is 16.1. The highest BCUT2D eigenvalue weighted by Crippen LogP contribution is 2.30. The molecule has 11 heteroatoms.